The SMILES string of the molecule is COC(=O)/C=C(\C)Nc1cc(OC)ccc1OC. The Morgan fingerprint density at radius 1 is 1.22 bits per heavy atom. The lowest BCUT2D eigenvalue weighted by atomic mass is 10.2. The molecule has 1 aromatic rings. The van der Waals surface area contributed by atoms with Crippen LogP contribution in [0.3, 0.4) is 0 Å². The second kappa shape index (κ2) is 6.54. The highest BCUT2D eigenvalue weighted by Crippen LogP contribution is 2.29. The van der Waals surface area contributed by atoms with E-state index in [4.69, 9.17) is 9.47 Å². The fraction of sp³-hybridized carbons (Fsp3) is 0.308. The van der Waals surface area contributed by atoms with Crippen LogP contribution in [0.2, 0.25) is 0 Å². The van der Waals surface area contributed by atoms with E-state index in [9.17, 15) is 4.79 Å². The molecule has 0 aromatic heterocycles. The van der Waals surface area contributed by atoms with Gasteiger partial charge in [0.05, 0.1) is 27.0 Å². The Morgan fingerprint density at radius 3 is 2.50 bits per heavy atom. The Hall–Kier alpha value is -2.17. The average molecular weight is 251 g/mol. The number of ether oxygens (including phenoxy) is 3. The summed E-state index contributed by atoms with van der Waals surface area (Å²) in [5.41, 5.74) is 1.36. The van der Waals surface area contributed by atoms with Gasteiger partial charge in [0.15, 0.2) is 0 Å². The summed E-state index contributed by atoms with van der Waals surface area (Å²) in [6, 6.07) is 5.36. The van der Waals surface area contributed by atoms with Crippen LogP contribution < -0.4 is 14.8 Å². The van der Waals surface area contributed by atoms with Crippen LogP contribution in [0, 0.1) is 0 Å². The Kier molecular flexibility index (Phi) is 5.05. The van der Waals surface area contributed by atoms with Crippen molar-refractivity contribution in [2.45, 2.75) is 6.92 Å². The number of anilines is 1. The van der Waals surface area contributed by atoms with E-state index in [1.807, 2.05) is 0 Å². The number of carbonyl (C=O) groups excluding carboxylic acids is 1. The van der Waals surface area contributed by atoms with Crippen molar-refractivity contribution in [2.24, 2.45) is 0 Å². The molecule has 0 amide bonds. The lowest BCUT2D eigenvalue weighted by molar-refractivity contribution is -0.134. The van der Waals surface area contributed by atoms with Gasteiger partial charge in [-0.2, -0.15) is 0 Å². The fourth-order valence-corrected chi connectivity index (χ4v) is 1.40. The number of hydrogen-bond acceptors (Lipinski definition) is 5. The van der Waals surface area contributed by atoms with Gasteiger partial charge >= 0.3 is 5.97 Å². The number of allylic oxidation sites excluding steroid dienone is 1. The molecular weight excluding hydrogens is 234 g/mol. The van der Waals surface area contributed by atoms with Gasteiger partial charge in [0.2, 0.25) is 0 Å². The first-order valence-electron chi connectivity index (χ1n) is 5.36. The minimum atomic E-state index is -0.415. The Balaban J connectivity index is 2.94. The quantitative estimate of drug-likeness (QED) is 0.642. The first-order chi connectivity index (χ1) is 8.60. The Bertz CT molecular complexity index is 454. The summed E-state index contributed by atoms with van der Waals surface area (Å²) in [5, 5.41) is 3.06. The zero-order valence-electron chi connectivity index (χ0n) is 10.9. The molecule has 1 N–H and O–H groups in total. The van der Waals surface area contributed by atoms with Crippen molar-refractivity contribution < 1.29 is 19.0 Å². The first-order valence-corrected chi connectivity index (χ1v) is 5.36. The highest BCUT2D eigenvalue weighted by Gasteiger charge is 2.06. The molecule has 0 saturated carbocycles. The van der Waals surface area contributed by atoms with E-state index in [0.717, 1.165) is 5.69 Å². The topological polar surface area (TPSA) is 56.8 Å². The largest absolute Gasteiger partial charge is 0.497 e. The number of carbonyl (C=O) groups is 1. The second-order valence-corrected chi connectivity index (χ2v) is 3.54. The van der Waals surface area contributed by atoms with E-state index in [1.54, 1.807) is 39.3 Å². The maximum Gasteiger partial charge on any atom is 0.332 e. The zero-order valence-corrected chi connectivity index (χ0v) is 10.9. The van der Waals surface area contributed by atoms with Crippen LogP contribution in [0.4, 0.5) is 5.69 Å². The van der Waals surface area contributed by atoms with Gasteiger partial charge in [-0.25, -0.2) is 4.79 Å². The van der Waals surface area contributed by atoms with Gasteiger partial charge in [0, 0.05) is 17.8 Å². The third kappa shape index (κ3) is 3.69. The molecular formula is C13H17NO4. The Morgan fingerprint density at radius 2 is 1.94 bits per heavy atom. The molecule has 0 spiro atoms. The summed E-state index contributed by atoms with van der Waals surface area (Å²) in [4.78, 5) is 11.1. The molecule has 0 unspecified atom stereocenters. The fourth-order valence-electron chi connectivity index (χ4n) is 1.40. The van der Waals surface area contributed by atoms with Crippen molar-refractivity contribution in [1.82, 2.24) is 0 Å². The van der Waals surface area contributed by atoms with Crippen molar-refractivity contribution in [3.05, 3.63) is 30.0 Å². The number of benzene rings is 1. The number of nitrogens with one attached hydrogen (secondary N) is 1. The van der Waals surface area contributed by atoms with Gasteiger partial charge in [-0.15, -0.1) is 0 Å². The van der Waals surface area contributed by atoms with Crippen molar-refractivity contribution in [1.29, 1.82) is 0 Å². The molecule has 0 bridgehead atoms. The molecule has 0 heterocycles. The number of methoxy groups -OCH3 is 3. The predicted molar refractivity (Wildman–Crippen MR) is 68.9 cm³/mol. The molecule has 18 heavy (non-hydrogen) atoms. The van der Waals surface area contributed by atoms with Crippen molar-refractivity contribution in [3.8, 4) is 11.5 Å². The molecule has 5 nitrogen and oxygen atoms in total. The van der Waals surface area contributed by atoms with Crippen LogP contribution >= 0.6 is 0 Å². The lowest BCUT2D eigenvalue weighted by Gasteiger charge is -2.12. The zero-order chi connectivity index (χ0) is 13.5. The number of rotatable bonds is 5. The summed E-state index contributed by atoms with van der Waals surface area (Å²) in [7, 11) is 4.49. The molecule has 0 fully saturated rings. The molecule has 0 aliphatic rings. The van der Waals surface area contributed by atoms with Crippen LogP contribution in [0.25, 0.3) is 0 Å². The summed E-state index contributed by atoms with van der Waals surface area (Å²) in [6.07, 6.45) is 1.36. The minimum Gasteiger partial charge on any atom is -0.497 e. The van der Waals surface area contributed by atoms with Crippen molar-refractivity contribution >= 4 is 11.7 Å². The first kappa shape index (κ1) is 13.9. The molecule has 5 heteroatoms. The molecule has 0 atom stereocenters. The molecule has 1 rings (SSSR count). The van der Waals surface area contributed by atoms with Gasteiger partial charge in [-0.05, 0) is 19.1 Å². The molecule has 0 radical (unpaired) electrons. The summed E-state index contributed by atoms with van der Waals surface area (Å²) < 4.78 is 14.9. The monoisotopic (exact) mass is 251 g/mol. The van der Waals surface area contributed by atoms with Gasteiger partial charge < -0.3 is 19.5 Å². The molecule has 0 aliphatic heterocycles. The summed E-state index contributed by atoms with van der Waals surface area (Å²) >= 11 is 0. The standard InChI is InChI=1S/C13H17NO4/c1-9(7-13(15)18-4)14-11-8-10(16-2)5-6-12(11)17-3/h5-8,14H,1-4H3/b9-7+. The normalized spacial score (nSPS) is 10.8. The van der Waals surface area contributed by atoms with Crippen LogP contribution in [0.5, 0.6) is 11.5 Å². The molecule has 1 aromatic carbocycles. The van der Waals surface area contributed by atoms with Crippen LogP contribution in [-0.4, -0.2) is 27.3 Å². The van der Waals surface area contributed by atoms with E-state index in [0.29, 0.717) is 17.2 Å². The molecule has 0 aliphatic carbocycles. The van der Waals surface area contributed by atoms with E-state index < -0.39 is 5.97 Å². The van der Waals surface area contributed by atoms with Crippen LogP contribution in [0.1, 0.15) is 6.92 Å². The maximum atomic E-state index is 11.1. The van der Waals surface area contributed by atoms with E-state index in [2.05, 4.69) is 10.1 Å². The third-order valence-corrected chi connectivity index (χ3v) is 2.27. The Labute approximate surface area is 106 Å². The summed E-state index contributed by atoms with van der Waals surface area (Å²) in [5.74, 6) is 0.944. The predicted octanol–water partition coefficient (Wildman–Crippen LogP) is 2.19. The second-order valence-electron chi connectivity index (χ2n) is 3.54. The van der Waals surface area contributed by atoms with Gasteiger partial charge in [0.25, 0.3) is 0 Å². The molecule has 98 valence electrons. The van der Waals surface area contributed by atoms with Gasteiger partial charge in [-0.3, -0.25) is 0 Å². The highest BCUT2D eigenvalue weighted by molar-refractivity contribution is 5.83. The number of esters is 1. The third-order valence-electron chi connectivity index (χ3n) is 2.27. The van der Waals surface area contributed by atoms with Gasteiger partial charge in [-0.1, -0.05) is 0 Å². The smallest absolute Gasteiger partial charge is 0.332 e. The van der Waals surface area contributed by atoms with E-state index >= 15 is 0 Å². The van der Waals surface area contributed by atoms with Gasteiger partial charge in [0.1, 0.15) is 11.5 Å². The van der Waals surface area contributed by atoms with E-state index in [1.165, 1.54) is 13.2 Å². The molecule has 0 saturated heterocycles. The maximum absolute atomic E-state index is 11.1. The van der Waals surface area contributed by atoms with Crippen LogP contribution in [0.15, 0.2) is 30.0 Å². The van der Waals surface area contributed by atoms with Crippen molar-refractivity contribution in [2.75, 3.05) is 26.6 Å². The van der Waals surface area contributed by atoms with E-state index in [-0.39, 0.29) is 0 Å². The summed E-state index contributed by atoms with van der Waals surface area (Å²) in [6.45, 7) is 1.76. The lowest BCUT2D eigenvalue weighted by Crippen LogP contribution is -2.03. The minimum absolute atomic E-state index is 0.415. The highest BCUT2D eigenvalue weighted by atomic mass is 16.5. The number of hydrogen-bond donors (Lipinski definition) is 1. The van der Waals surface area contributed by atoms with Crippen molar-refractivity contribution in [3.63, 3.8) is 0 Å². The van der Waals surface area contributed by atoms with Crippen LogP contribution in [-0.2, 0) is 9.53 Å². The average Bonchev–Trinajstić information content (AvgIpc) is 2.38.